The molecule has 2 rings (SSSR count). The van der Waals surface area contributed by atoms with E-state index in [1.807, 2.05) is 24.5 Å². The SMILES string of the molecule is CCc1ncc2ccc(CC(C)=O)cn12. The summed E-state index contributed by atoms with van der Waals surface area (Å²) in [5.41, 5.74) is 2.13. The maximum Gasteiger partial charge on any atom is 0.134 e. The van der Waals surface area contributed by atoms with Crippen LogP contribution >= 0.6 is 0 Å². The van der Waals surface area contributed by atoms with E-state index < -0.39 is 0 Å². The molecule has 0 N–H and O–H groups in total. The fraction of sp³-hybridized carbons (Fsp3) is 0.333. The average Bonchev–Trinajstić information content (AvgIpc) is 2.59. The summed E-state index contributed by atoms with van der Waals surface area (Å²) >= 11 is 0. The van der Waals surface area contributed by atoms with Gasteiger partial charge in [0.05, 0.1) is 11.7 Å². The van der Waals surface area contributed by atoms with Crippen LogP contribution < -0.4 is 0 Å². The molecule has 0 aromatic carbocycles. The number of fused-ring (bicyclic) bond motifs is 1. The van der Waals surface area contributed by atoms with Crippen molar-refractivity contribution in [3.63, 3.8) is 0 Å². The molecule has 0 aliphatic heterocycles. The Labute approximate surface area is 88.8 Å². The first-order valence-corrected chi connectivity index (χ1v) is 5.15. The molecule has 0 radical (unpaired) electrons. The van der Waals surface area contributed by atoms with Gasteiger partial charge >= 0.3 is 0 Å². The number of Topliss-reactive ketones (excluding diaryl/α,β-unsaturated/α-hetero) is 1. The van der Waals surface area contributed by atoms with Gasteiger partial charge in [-0.15, -0.1) is 0 Å². The van der Waals surface area contributed by atoms with Crippen molar-refractivity contribution in [1.29, 1.82) is 0 Å². The lowest BCUT2D eigenvalue weighted by molar-refractivity contribution is -0.116. The lowest BCUT2D eigenvalue weighted by Gasteiger charge is -2.02. The molecule has 0 aliphatic carbocycles. The van der Waals surface area contributed by atoms with E-state index in [4.69, 9.17) is 0 Å². The average molecular weight is 202 g/mol. The van der Waals surface area contributed by atoms with Crippen molar-refractivity contribution >= 4 is 11.3 Å². The number of rotatable bonds is 3. The van der Waals surface area contributed by atoms with E-state index in [9.17, 15) is 4.79 Å². The number of hydrogen-bond acceptors (Lipinski definition) is 2. The van der Waals surface area contributed by atoms with Gasteiger partial charge in [0.15, 0.2) is 0 Å². The van der Waals surface area contributed by atoms with Crippen LogP contribution in [0.2, 0.25) is 0 Å². The van der Waals surface area contributed by atoms with Gasteiger partial charge in [-0.3, -0.25) is 4.79 Å². The number of aryl methyl sites for hydroxylation is 1. The minimum atomic E-state index is 0.188. The number of ketones is 1. The van der Waals surface area contributed by atoms with Crippen LogP contribution in [-0.4, -0.2) is 15.2 Å². The molecular formula is C12H14N2O. The lowest BCUT2D eigenvalue weighted by atomic mass is 10.1. The topological polar surface area (TPSA) is 34.4 Å². The van der Waals surface area contributed by atoms with Crippen molar-refractivity contribution in [3.8, 4) is 0 Å². The fourth-order valence-electron chi connectivity index (χ4n) is 1.74. The zero-order chi connectivity index (χ0) is 10.8. The molecule has 2 aromatic rings. The third-order valence-electron chi connectivity index (χ3n) is 2.43. The first kappa shape index (κ1) is 9.90. The Bertz CT molecular complexity index is 499. The molecule has 0 atom stereocenters. The molecule has 0 bridgehead atoms. The number of carbonyl (C=O) groups excluding carboxylic acids is 1. The van der Waals surface area contributed by atoms with Crippen LogP contribution in [0.15, 0.2) is 24.5 Å². The molecule has 0 saturated heterocycles. The molecular weight excluding hydrogens is 188 g/mol. The second-order valence-electron chi connectivity index (χ2n) is 3.74. The van der Waals surface area contributed by atoms with Crippen LogP contribution in [0.4, 0.5) is 0 Å². The monoisotopic (exact) mass is 202 g/mol. The summed E-state index contributed by atoms with van der Waals surface area (Å²) in [4.78, 5) is 15.3. The highest BCUT2D eigenvalue weighted by molar-refractivity contribution is 5.78. The van der Waals surface area contributed by atoms with Gasteiger partial charge in [-0.25, -0.2) is 4.98 Å². The molecule has 0 aliphatic rings. The summed E-state index contributed by atoms with van der Waals surface area (Å²) in [7, 11) is 0. The Balaban J connectivity index is 2.47. The standard InChI is InChI=1S/C12H14N2O/c1-3-12-13-7-11-5-4-10(6-9(2)15)8-14(11)12/h4-5,7-8H,3,6H2,1-2H3. The Morgan fingerprint density at radius 3 is 2.93 bits per heavy atom. The van der Waals surface area contributed by atoms with Crippen LogP contribution in [0.5, 0.6) is 0 Å². The molecule has 3 nitrogen and oxygen atoms in total. The molecule has 0 saturated carbocycles. The Morgan fingerprint density at radius 1 is 1.47 bits per heavy atom. The number of pyridine rings is 1. The van der Waals surface area contributed by atoms with Crippen molar-refractivity contribution in [2.45, 2.75) is 26.7 Å². The zero-order valence-electron chi connectivity index (χ0n) is 9.03. The van der Waals surface area contributed by atoms with E-state index in [1.54, 1.807) is 6.92 Å². The molecule has 2 heterocycles. The van der Waals surface area contributed by atoms with Gasteiger partial charge in [-0.1, -0.05) is 13.0 Å². The molecule has 3 heteroatoms. The molecule has 2 aromatic heterocycles. The van der Waals surface area contributed by atoms with Gasteiger partial charge in [-0.05, 0) is 18.6 Å². The van der Waals surface area contributed by atoms with E-state index in [2.05, 4.69) is 16.3 Å². The highest BCUT2D eigenvalue weighted by Crippen LogP contribution is 2.10. The number of aromatic nitrogens is 2. The summed E-state index contributed by atoms with van der Waals surface area (Å²) in [6.45, 7) is 3.69. The molecule has 0 spiro atoms. The van der Waals surface area contributed by atoms with Crippen LogP contribution in [0.25, 0.3) is 5.52 Å². The molecule has 0 unspecified atom stereocenters. The predicted molar refractivity (Wildman–Crippen MR) is 59.0 cm³/mol. The Hall–Kier alpha value is -1.64. The third kappa shape index (κ3) is 1.91. The van der Waals surface area contributed by atoms with E-state index in [0.717, 1.165) is 23.3 Å². The molecule has 15 heavy (non-hydrogen) atoms. The summed E-state index contributed by atoms with van der Waals surface area (Å²) in [5.74, 6) is 1.22. The normalized spacial score (nSPS) is 10.8. The van der Waals surface area contributed by atoms with Crippen LogP contribution in [0.1, 0.15) is 25.2 Å². The predicted octanol–water partition coefficient (Wildman–Crippen LogP) is 2.03. The van der Waals surface area contributed by atoms with Gasteiger partial charge in [0.2, 0.25) is 0 Å². The minimum Gasteiger partial charge on any atom is -0.303 e. The second-order valence-corrected chi connectivity index (χ2v) is 3.74. The number of imidazole rings is 1. The van der Waals surface area contributed by atoms with Crippen LogP contribution in [-0.2, 0) is 17.6 Å². The quantitative estimate of drug-likeness (QED) is 0.763. The zero-order valence-corrected chi connectivity index (χ0v) is 9.03. The Kier molecular flexibility index (Phi) is 2.54. The van der Waals surface area contributed by atoms with Crippen LogP contribution in [0.3, 0.4) is 0 Å². The smallest absolute Gasteiger partial charge is 0.134 e. The van der Waals surface area contributed by atoms with Crippen LogP contribution in [0, 0.1) is 0 Å². The Morgan fingerprint density at radius 2 is 2.27 bits per heavy atom. The molecule has 78 valence electrons. The summed E-state index contributed by atoms with van der Waals surface area (Å²) in [6.07, 6.45) is 5.26. The highest BCUT2D eigenvalue weighted by Gasteiger charge is 2.03. The van der Waals surface area contributed by atoms with Gasteiger partial charge in [-0.2, -0.15) is 0 Å². The van der Waals surface area contributed by atoms with E-state index in [-0.39, 0.29) is 5.78 Å². The minimum absolute atomic E-state index is 0.188. The number of hydrogen-bond donors (Lipinski definition) is 0. The largest absolute Gasteiger partial charge is 0.303 e. The van der Waals surface area contributed by atoms with E-state index in [1.165, 1.54) is 0 Å². The van der Waals surface area contributed by atoms with Crippen molar-refractivity contribution in [3.05, 3.63) is 35.9 Å². The number of carbonyl (C=O) groups is 1. The second kappa shape index (κ2) is 3.85. The first-order chi connectivity index (χ1) is 7.20. The number of nitrogens with zero attached hydrogens (tertiary/aromatic N) is 2. The molecule has 0 amide bonds. The van der Waals surface area contributed by atoms with Gasteiger partial charge in [0, 0.05) is 19.0 Å². The third-order valence-corrected chi connectivity index (χ3v) is 2.43. The van der Waals surface area contributed by atoms with Crippen molar-refractivity contribution in [2.75, 3.05) is 0 Å². The summed E-state index contributed by atoms with van der Waals surface area (Å²) in [6, 6.07) is 3.99. The van der Waals surface area contributed by atoms with Gasteiger partial charge < -0.3 is 4.40 Å². The maximum atomic E-state index is 11.0. The summed E-state index contributed by atoms with van der Waals surface area (Å²) < 4.78 is 2.05. The van der Waals surface area contributed by atoms with Crippen molar-refractivity contribution in [1.82, 2.24) is 9.38 Å². The van der Waals surface area contributed by atoms with E-state index >= 15 is 0 Å². The first-order valence-electron chi connectivity index (χ1n) is 5.15. The molecule has 0 fully saturated rings. The van der Waals surface area contributed by atoms with Crippen molar-refractivity contribution < 1.29 is 4.79 Å². The van der Waals surface area contributed by atoms with Crippen molar-refractivity contribution in [2.24, 2.45) is 0 Å². The lowest BCUT2D eigenvalue weighted by Crippen LogP contribution is -1.99. The maximum absolute atomic E-state index is 11.0. The van der Waals surface area contributed by atoms with Gasteiger partial charge in [0.25, 0.3) is 0 Å². The fourth-order valence-corrected chi connectivity index (χ4v) is 1.74. The van der Waals surface area contributed by atoms with Gasteiger partial charge in [0.1, 0.15) is 11.6 Å². The van der Waals surface area contributed by atoms with E-state index in [0.29, 0.717) is 6.42 Å². The summed E-state index contributed by atoms with van der Waals surface area (Å²) in [5, 5.41) is 0. The highest BCUT2D eigenvalue weighted by atomic mass is 16.1.